The van der Waals surface area contributed by atoms with Gasteiger partial charge in [-0.15, -0.1) is 11.3 Å². The lowest BCUT2D eigenvalue weighted by Crippen LogP contribution is -1.83. The summed E-state index contributed by atoms with van der Waals surface area (Å²) in [7, 11) is 0. The first-order chi connectivity index (χ1) is 7.33. The number of nitrogens with two attached hydrogens (primary N) is 1. The molecule has 1 aliphatic carbocycles. The second kappa shape index (κ2) is 3.35. The van der Waals surface area contributed by atoms with Crippen molar-refractivity contribution in [2.75, 3.05) is 5.73 Å². The standard InChI is InChI=1S/C12H12N2S/c13-10-3-1-2-9(6-10)11-7-14-12(15-11)8-4-5-8/h1-3,6-8H,4-5,13H2. The van der Waals surface area contributed by atoms with E-state index in [0.717, 1.165) is 11.6 Å². The van der Waals surface area contributed by atoms with Gasteiger partial charge in [0.2, 0.25) is 0 Å². The van der Waals surface area contributed by atoms with Crippen molar-refractivity contribution < 1.29 is 0 Å². The summed E-state index contributed by atoms with van der Waals surface area (Å²) < 4.78 is 0. The highest BCUT2D eigenvalue weighted by atomic mass is 32.1. The van der Waals surface area contributed by atoms with E-state index in [-0.39, 0.29) is 0 Å². The number of aromatic nitrogens is 1. The van der Waals surface area contributed by atoms with E-state index in [1.54, 1.807) is 11.3 Å². The van der Waals surface area contributed by atoms with E-state index < -0.39 is 0 Å². The third kappa shape index (κ3) is 1.75. The Bertz CT molecular complexity index is 486. The highest BCUT2D eigenvalue weighted by Crippen LogP contribution is 2.43. The first-order valence-corrected chi connectivity index (χ1v) is 5.96. The van der Waals surface area contributed by atoms with Crippen molar-refractivity contribution in [3.63, 3.8) is 0 Å². The number of hydrogen-bond acceptors (Lipinski definition) is 3. The highest BCUT2D eigenvalue weighted by molar-refractivity contribution is 7.15. The number of hydrogen-bond donors (Lipinski definition) is 1. The van der Waals surface area contributed by atoms with Crippen LogP contribution in [0.3, 0.4) is 0 Å². The third-order valence-electron chi connectivity index (χ3n) is 2.62. The molecule has 2 N–H and O–H groups in total. The molecule has 0 unspecified atom stereocenters. The Morgan fingerprint density at radius 3 is 2.93 bits per heavy atom. The Labute approximate surface area is 92.8 Å². The van der Waals surface area contributed by atoms with Crippen molar-refractivity contribution in [3.8, 4) is 10.4 Å². The van der Waals surface area contributed by atoms with Crippen LogP contribution in [0.15, 0.2) is 30.5 Å². The minimum absolute atomic E-state index is 0.741. The normalized spacial score (nSPS) is 15.5. The van der Waals surface area contributed by atoms with Crippen LogP contribution >= 0.6 is 11.3 Å². The molecule has 1 aliphatic rings. The summed E-state index contributed by atoms with van der Waals surface area (Å²) in [5.41, 5.74) is 7.75. The van der Waals surface area contributed by atoms with Gasteiger partial charge in [0.1, 0.15) is 0 Å². The number of anilines is 1. The predicted octanol–water partition coefficient (Wildman–Crippen LogP) is 3.27. The molecule has 3 heteroatoms. The summed E-state index contributed by atoms with van der Waals surface area (Å²) in [5, 5.41) is 1.28. The predicted molar refractivity (Wildman–Crippen MR) is 63.9 cm³/mol. The molecule has 1 heterocycles. The lowest BCUT2D eigenvalue weighted by molar-refractivity contribution is 1.08. The van der Waals surface area contributed by atoms with Gasteiger partial charge >= 0.3 is 0 Å². The maximum Gasteiger partial charge on any atom is 0.0962 e. The fourth-order valence-electron chi connectivity index (χ4n) is 1.63. The van der Waals surface area contributed by atoms with E-state index in [4.69, 9.17) is 5.73 Å². The quantitative estimate of drug-likeness (QED) is 0.782. The van der Waals surface area contributed by atoms with Gasteiger partial charge in [0.25, 0.3) is 0 Å². The minimum atomic E-state index is 0.741. The molecule has 1 fully saturated rings. The van der Waals surface area contributed by atoms with Gasteiger partial charge in [-0.3, -0.25) is 0 Å². The van der Waals surface area contributed by atoms with Crippen LogP contribution in [0.2, 0.25) is 0 Å². The third-order valence-corrected chi connectivity index (χ3v) is 3.83. The number of benzene rings is 1. The molecule has 76 valence electrons. The van der Waals surface area contributed by atoms with E-state index in [9.17, 15) is 0 Å². The number of nitrogen functional groups attached to an aromatic ring is 1. The summed E-state index contributed by atoms with van der Waals surface area (Å²) in [6, 6.07) is 7.98. The van der Waals surface area contributed by atoms with Crippen molar-refractivity contribution in [1.82, 2.24) is 4.98 Å². The second-order valence-electron chi connectivity index (χ2n) is 3.96. The molecule has 0 amide bonds. The van der Waals surface area contributed by atoms with Crippen LogP contribution in [0.1, 0.15) is 23.8 Å². The van der Waals surface area contributed by atoms with Gasteiger partial charge in [-0.05, 0) is 30.5 Å². The van der Waals surface area contributed by atoms with Crippen LogP contribution in [-0.2, 0) is 0 Å². The zero-order valence-corrected chi connectivity index (χ0v) is 9.13. The Kier molecular flexibility index (Phi) is 1.99. The zero-order chi connectivity index (χ0) is 10.3. The van der Waals surface area contributed by atoms with Gasteiger partial charge in [0.05, 0.1) is 9.88 Å². The first-order valence-electron chi connectivity index (χ1n) is 5.14. The monoisotopic (exact) mass is 216 g/mol. The lowest BCUT2D eigenvalue weighted by Gasteiger charge is -1.97. The van der Waals surface area contributed by atoms with Gasteiger partial charge in [-0.25, -0.2) is 4.98 Å². The van der Waals surface area contributed by atoms with Crippen LogP contribution in [0.4, 0.5) is 5.69 Å². The summed E-state index contributed by atoms with van der Waals surface area (Å²) in [4.78, 5) is 5.69. The number of rotatable bonds is 2. The van der Waals surface area contributed by atoms with E-state index >= 15 is 0 Å². The molecule has 1 aromatic carbocycles. The lowest BCUT2D eigenvalue weighted by atomic mass is 10.2. The molecule has 3 rings (SSSR count). The molecular formula is C12H12N2S. The molecule has 0 spiro atoms. The topological polar surface area (TPSA) is 38.9 Å². The molecule has 0 bridgehead atoms. The fraction of sp³-hybridized carbons (Fsp3) is 0.250. The number of nitrogens with zero attached hydrogens (tertiary/aromatic N) is 1. The number of thiazole rings is 1. The molecule has 15 heavy (non-hydrogen) atoms. The molecular weight excluding hydrogens is 204 g/mol. The molecule has 1 saturated carbocycles. The first kappa shape index (κ1) is 8.92. The van der Waals surface area contributed by atoms with Crippen molar-refractivity contribution in [1.29, 1.82) is 0 Å². The molecule has 1 aromatic heterocycles. The SMILES string of the molecule is Nc1cccc(-c2cnc(C3CC3)s2)c1. The molecule has 0 saturated heterocycles. The average Bonchev–Trinajstić information content (AvgIpc) is 2.97. The summed E-state index contributed by atoms with van der Waals surface area (Å²) in [5.74, 6) is 0.741. The van der Waals surface area contributed by atoms with Gasteiger partial charge in [0, 0.05) is 17.8 Å². The molecule has 2 aromatic rings. The van der Waals surface area contributed by atoms with E-state index in [0.29, 0.717) is 0 Å². The van der Waals surface area contributed by atoms with E-state index in [2.05, 4.69) is 11.1 Å². The van der Waals surface area contributed by atoms with Gasteiger partial charge in [0.15, 0.2) is 0 Å². The van der Waals surface area contributed by atoms with Crippen LogP contribution in [0, 0.1) is 0 Å². The fourth-order valence-corrected chi connectivity index (χ4v) is 2.72. The van der Waals surface area contributed by atoms with Crippen LogP contribution in [0.25, 0.3) is 10.4 Å². The highest BCUT2D eigenvalue weighted by Gasteiger charge is 2.26. The largest absolute Gasteiger partial charge is 0.399 e. The molecule has 0 atom stereocenters. The van der Waals surface area contributed by atoms with Crippen molar-refractivity contribution in [2.24, 2.45) is 0 Å². The van der Waals surface area contributed by atoms with Crippen molar-refractivity contribution >= 4 is 17.0 Å². The van der Waals surface area contributed by atoms with Crippen molar-refractivity contribution in [2.45, 2.75) is 18.8 Å². The maximum atomic E-state index is 5.76. The Morgan fingerprint density at radius 1 is 1.33 bits per heavy atom. The van der Waals surface area contributed by atoms with Crippen LogP contribution in [0.5, 0.6) is 0 Å². The summed E-state index contributed by atoms with van der Waals surface area (Å²) in [6.45, 7) is 0. The second-order valence-corrected chi connectivity index (χ2v) is 5.02. The molecule has 2 nitrogen and oxygen atoms in total. The Hall–Kier alpha value is -1.35. The average molecular weight is 216 g/mol. The summed E-state index contributed by atoms with van der Waals surface area (Å²) in [6.07, 6.45) is 4.58. The Morgan fingerprint density at radius 2 is 2.20 bits per heavy atom. The van der Waals surface area contributed by atoms with Crippen molar-refractivity contribution in [3.05, 3.63) is 35.5 Å². The molecule has 0 aliphatic heterocycles. The minimum Gasteiger partial charge on any atom is -0.399 e. The van der Waals surface area contributed by atoms with Gasteiger partial charge in [-0.1, -0.05) is 12.1 Å². The maximum absolute atomic E-state index is 5.76. The summed E-state index contributed by atoms with van der Waals surface area (Å²) >= 11 is 1.80. The smallest absolute Gasteiger partial charge is 0.0962 e. The van der Waals surface area contributed by atoms with E-state index in [1.165, 1.54) is 28.3 Å². The van der Waals surface area contributed by atoms with E-state index in [1.807, 2.05) is 24.4 Å². The van der Waals surface area contributed by atoms with Crippen LogP contribution < -0.4 is 5.73 Å². The van der Waals surface area contributed by atoms with Crippen LogP contribution in [-0.4, -0.2) is 4.98 Å². The Balaban J connectivity index is 1.97. The molecule has 0 radical (unpaired) electrons. The van der Waals surface area contributed by atoms with Gasteiger partial charge < -0.3 is 5.73 Å². The van der Waals surface area contributed by atoms with Gasteiger partial charge in [-0.2, -0.15) is 0 Å². The zero-order valence-electron chi connectivity index (χ0n) is 8.31.